The van der Waals surface area contributed by atoms with E-state index >= 15 is 0 Å². The van der Waals surface area contributed by atoms with E-state index in [0.717, 1.165) is 22.2 Å². The van der Waals surface area contributed by atoms with E-state index in [0.29, 0.717) is 0 Å². The Labute approximate surface area is 238 Å². The molecule has 5 rings (SSSR count). The number of aryl methyl sites for hydroxylation is 1. The lowest BCUT2D eigenvalue weighted by Gasteiger charge is -2.18. The summed E-state index contributed by atoms with van der Waals surface area (Å²) in [5.41, 5.74) is 11.3. The minimum Gasteiger partial charge on any atom is -0.349 e. The number of hydrogen-bond donors (Lipinski definition) is 2. The Kier molecular flexibility index (Phi) is 11.8. The predicted octanol–water partition coefficient (Wildman–Crippen LogP) is 7.96. The molecule has 1 aromatic heterocycles. The van der Waals surface area contributed by atoms with E-state index in [1.165, 1.54) is 23.6 Å². The number of benzene rings is 4. The molecule has 5 aromatic rings. The Morgan fingerprint density at radius 3 is 1.98 bits per heavy atom. The van der Waals surface area contributed by atoms with Crippen molar-refractivity contribution in [3.8, 4) is 0 Å². The van der Waals surface area contributed by atoms with Crippen molar-refractivity contribution in [3.63, 3.8) is 0 Å². The van der Waals surface area contributed by atoms with Gasteiger partial charge in [0, 0.05) is 11.6 Å². The Hall–Kier alpha value is -4.54. The molecule has 0 saturated carbocycles. The summed E-state index contributed by atoms with van der Waals surface area (Å²) in [7, 11) is 1.50. The maximum absolute atomic E-state index is 12.6. The zero-order valence-corrected chi connectivity index (χ0v) is 23.8. The number of nitrogens with two attached hydrogens (primary N) is 1. The topological polar surface area (TPSA) is 68.0 Å². The van der Waals surface area contributed by atoms with E-state index < -0.39 is 0 Å². The lowest BCUT2D eigenvalue weighted by molar-refractivity contribution is -0.122. The van der Waals surface area contributed by atoms with Crippen LogP contribution in [-0.2, 0) is 4.79 Å². The molecule has 0 radical (unpaired) electrons. The molecule has 1 amide bonds. The van der Waals surface area contributed by atoms with Crippen LogP contribution >= 0.6 is 0 Å². The van der Waals surface area contributed by atoms with Crippen molar-refractivity contribution in [3.05, 3.63) is 149 Å². The average molecular weight is 530 g/mol. The highest BCUT2D eigenvalue weighted by atomic mass is 16.1. The molecule has 3 N–H and O–H groups in total. The van der Waals surface area contributed by atoms with Crippen molar-refractivity contribution in [1.82, 2.24) is 10.3 Å². The standard InChI is InChI=1S/C25H25NO.C10H9N.CH5N/c1-19(25(27)26-20(2)24-11-7-4-8-12-24)23-17-15-22(16-18-23)14-13-21-9-5-3-6-10-21;1-8-4-5-10-9(7-8)3-2-6-11-10;1-2/h3-20H,1-2H3,(H,26,27);2-7H,1H3;2H2,1H3/b14-13+;;/t19?,20-;;/m0../s1. The largest absolute Gasteiger partial charge is 0.349 e. The second kappa shape index (κ2) is 15.8. The Balaban J connectivity index is 0.000000280. The van der Waals surface area contributed by atoms with Crippen LogP contribution in [0.2, 0.25) is 0 Å². The van der Waals surface area contributed by atoms with Gasteiger partial charge >= 0.3 is 0 Å². The molecule has 0 aliphatic rings. The number of nitrogens with one attached hydrogen (secondary N) is 1. The van der Waals surface area contributed by atoms with Crippen LogP contribution in [0.15, 0.2) is 121 Å². The number of hydrogen-bond acceptors (Lipinski definition) is 3. The van der Waals surface area contributed by atoms with Crippen LogP contribution in [0.4, 0.5) is 0 Å². The number of rotatable bonds is 6. The van der Waals surface area contributed by atoms with E-state index in [9.17, 15) is 4.79 Å². The van der Waals surface area contributed by atoms with Crippen molar-refractivity contribution >= 4 is 29.0 Å². The summed E-state index contributed by atoms with van der Waals surface area (Å²) in [6.45, 7) is 6.05. The summed E-state index contributed by atoms with van der Waals surface area (Å²) >= 11 is 0. The molecule has 0 aliphatic heterocycles. The van der Waals surface area contributed by atoms with E-state index in [-0.39, 0.29) is 17.9 Å². The van der Waals surface area contributed by atoms with Crippen LogP contribution in [0.25, 0.3) is 23.1 Å². The Morgan fingerprint density at radius 1 is 0.725 bits per heavy atom. The fourth-order valence-corrected chi connectivity index (χ4v) is 4.16. The summed E-state index contributed by atoms with van der Waals surface area (Å²) in [5, 5.41) is 4.32. The van der Waals surface area contributed by atoms with Crippen LogP contribution in [-0.4, -0.2) is 17.9 Å². The third-order valence-electron chi connectivity index (χ3n) is 6.51. The van der Waals surface area contributed by atoms with Gasteiger partial charge in [0.1, 0.15) is 0 Å². The molecule has 0 aliphatic carbocycles. The van der Waals surface area contributed by atoms with Gasteiger partial charge in [0.25, 0.3) is 0 Å². The van der Waals surface area contributed by atoms with Gasteiger partial charge in [-0.25, -0.2) is 0 Å². The predicted molar refractivity (Wildman–Crippen MR) is 170 cm³/mol. The zero-order chi connectivity index (χ0) is 28.7. The monoisotopic (exact) mass is 529 g/mol. The molecule has 0 bridgehead atoms. The molecule has 4 aromatic carbocycles. The van der Waals surface area contributed by atoms with Gasteiger partial charge in [-0.2, -0.15) is 0 Å². The van der Waals surface area contributed by atoms with Crippen molar-refractivity contribution in [1.29, 1.82) is 0 Å². The maximum atomic E-state index is 12.6. The summed E-state index contributed by atoms with van der Waals surface area (Å²) < 4.78 is 0. The molecular weight excluding hydrogens is 490 g/mol. The number of nitrogens with zero attached hydrogens (tertiary/aromatic N) is 1. The smallest absolute Gasteiger partial charge is 0.227 e. The summed E-state index contributed by atoms with van der Waals surface area (Å²) in [6.07, 6.45) is 5.99. The molecule has 40 heavy (non-hydrogen) atoms. The molecule has 0 fully saturated rings. The molecule has 4 heteroatoms. The maximum Gasteiger partial charge on any atom is 0.227 e. The summed E-state index contributed by atoms with van der Waals surface area (Å²) in [5.74, 6) is -0.151. The second-order valence-corrected chi connectivity index (χ2v) is 9.47. The Morgan fingerprint density at radius 2 is 1.32 bits per heavy atom. The van der Waals surface area contributed by atoms with Crippen molar-refractivity contribution in [2.45, 2.75) is 32.7 Å². The number of aromatic nitrogens is 1. The number of fused-ring (bicyclic) bond motifs is 1. The summed E-state index contributed by atoms with van der Waals surface area (Å²) in [4.78, 5) is 16.8. The first-order valence-corrected chi connectivity index (χ1v) is 13.6. The van der Waals surface area contributed by atoms with Gasteiger partial charge in [-0.15, -0.1) is 0 Å². The molecule has 0 saturated heterocycles. The lowest BCUT2D eigenvalue weighted by Crippen LogP contribution is -2.30. The van der Waals surface area contributed by atoms with Gasteiger partial charge in [-0.3, -0.25) is 9.78 Å². The van der Waals surface area contributed by atoms with E-state index in [1.807, 2.05) is 92.8 Å². The highest BCUT2D eigenvalue weighted by Crippen LogP contribution is 2.20. The third kappa shape index (κ3) is 9.04. The number of carbonyl (C=O) groups is 1. The molecule has 1 unspecified atom stereocenters. The SMILES string of the molecule is CC(C(=O)N[C@@H](C)c1ccccc1)c1ccc(/C=C/c2ccccc2)cc1.CN.Cc1ccc2ncccc2c1. The molecule has 2 atom stereocenters. The lowest BCUT2D eigenvalue weighted by atomic mass is 9.98. The van der Waals surface area contributed by atoms with Gasteiger partial charge in [0.2, 0.25) is 5.91 Å². The quantitative estimate of drug-likeness (QED) is 0.219. The minimum atomic E-state index is -0.191. The fourth-order valence-electron chi connectivity index (χ4n) is 4.16. The Bertz CT molecular complexity index is 1480. The highest BCUT2D eigenvalue weighted by molar-refractivity contribution is 5.83. The zero-order valence-electron chi connectivity index (χ0n) is 23.8. The van der Waals surface area contributed by atoms with Crippen LogP contribution in [0, 0.1) is 6.92 Å². The molecule has 204 valence electrons. The van der Waals surface area contributed by atoms with Gasteiger partial charge in [-0.05, 0) is 68.3 Å². The fraction of sp³-hybridized carbons (Fsp3) is 0.167. The molecular formula is C36H39N3O. The first-order valence-electron chi connectivity index (χ1n) is 13.6. The normalized spacial score (nSPS) is 11.9. The van der Waals surface area contributed by atoms with Crippen molar-refractivity contribution in [2.24, 2.45) is 5.73 Å². The average Bonchev–Trinajstić information content (AvgIpc) is 3.02. The third-order valence-corrected chi connectivity index (χ3v) is 6.51. The van der Waals surface area contributed by atoms with Crippen LogP contribution in [0.1, 0.15) is 53.6 Å². The van der Waals surface area contributed by atoms with Gasteiger partial charge in [-0.1, -0.05) is 115 Å². The van der Waals surface area contributed by atoms with E-state index in [4.69, 9.17) is 0 Å². The molecule has 4 nitrogen and oxygen atoms in total. The number of carbonyl (C=O) groups excluding carboxylic acids is 1. The number of amides is 1. The van der Waals surface area contributed by atoms with Crippen molar-refractivity contribution in [2.75, 3.05) is 7.05 Å². The minimum absolute atomic E-state index is 0.00534. The van der Waals surface area contributed by atoms with Gasteiger partial charge < -0.3 is 11.1 Å². The van der Waals surface area contributed by atoms with Gasteiger partial charge in [0.15, 0.2) is 0 Å². The molecule has 1 heterocycles. The first kappa shape index (κ1) is 30.0. The van der Waals surface area contributed by atoms with Crippen molar-refractivity contribution < 1.29 is 4.79 Å². The molecule has 0 spiro atoms. The number of pyridine rings is 1. The van der Waals surface area contributed by atoms with E-state index in [2.05, 4.69) is 77.6 Å². The van der Waals surface area contributed by atoms with Crippen LogP contribution in [0.5, 0.6) is 0 Å². The van der Waals surface area contributed by atoms with Crippen LogP contribution < -0.4 is 11.1 Å². The summed E-state index contributed by atoms with van der Waals surface area (Å²) in [6, 6.07) is 38.7. The first-order chi connectivity index (χ1) is 19.5. The highest BCUT2D eigenvalue weighted by Gasteiger charge is 2.17. The van der Waals surface area contributed by atoms with Gasteiger partial charge in [0.05, 0.1) is 17.5 Å². The van der Waals surface area contributed by atoms with Crippen LogP contribution in [0.3, 0.4) is 0 Å². The second-order valence-electron chi connectivity index (χ2n) is 9.47. The van der Waals surface area contributed by atoms with E-state index in [1.54, 1.807) is 0 Å².